The van der Waals surface area contributed by atoms with E-state index >= 15 is 0 Å². The molecule has 0 radical (unpaired) electrons. The molecule has 1 heterocycles. The number of amides is 1. The first-order valence-corrected chi connectivity index (χ1v) is 10.1. The Morgan fingerprint density at radius 3 is 2.56 bits per heavy atom. The quantitative estimate of drug-likeness (QED) is 0.664. The first-order valence-electron chi connectivity index (χ1n) is 9.30. The summed E-state index contributed by atoms with van der Waals surface area (Å²) in [6.45, 7) is 4.59. The molecule has 2 bridgehead atoms. The maximum Gasteiger partial charge on any atom is 0.408 e. The number of halogens is 1. The van der Waals surface area contributed by atoms with Gasteiger partial charge in [0.15, 0.2) is 6.10 Å². The van der Waals surface area contributed by atoms with Crippen LogP contribution in [0.3, 0.4) is 0 Å². The minimum absolute atomic E-state index is 0.130. The molecule has 0 unspecified atom stereocenters. The minimum atomic E-state index is -0.469. The number of ether oxygens (including phenoxy) is 4. The molecule has 148 valence electrons. The zero-order valence-corrected chi connectivity index (χ0v) is 17.4. The summed E-state index contributed by atoms with van der Waals surface area (Å²) >= 11 is 3.54. The van der Waals surface area contributed by atoms with Crippen LogP contribution in [-0.2, 0) is 20.8 Å². The molecule has 1 aliphatic heterocycles. The highest BCUT2D eigenvalue weighted by Gasteiger charge is 2.48. The largest absolute Gasteiger partial charge is 0.497 e. The van der Waals surface area contributed by atoms with Gasteiger partial charge >= 0.3 is 6.09 Å². The van der Waals surface area contributed by atoms with Crippen LogP contribution in [0.5, 0.6) is 5.75 Å². The zero-order chi connectivity index (χ0) is 19.4. The van der Waals surface area contributed by atoms with Crippen LogP contribution < -0.4 is 10.1 Å². The predicted octanol–water partition coefficient (Wildman–Crippen LogP) is 3.92. The number of benzene rings is 1. The number of alkyl carbamates (subject to hydrolysis) is 1. The summed E-state index contributed by atoms with van der Waals surface area (Å²) < 4.78 is 23.8. The molecule has 0 spiro atoms. The van der Waals surface area contributed by atoms with Gasteiger partial charge in [-0.1, -0.05) is 41.9 Å². The van der Waals surface area contributed by atoms with Crippen molar-refractivity contribution in [3.8, 4) is 5.75 Å². The zero-order valence-electron chi connectivity index (χ0n) is 15.8. The van der Waals surface area contributed by atoms with E-state index in [0.717, 1.165) is 28.6 Å². The van der Waals surface area contributed by atoms with Gasteiger partial charge in [0.2, 0.25) is 0 Å². The van der Waals surface area contributed by atoms with E-state index in [1.807, 2.05) is 30.3 Å². The van der Waals surface area contributed by atoms with Crippen LogP contribution >= 0.6 is 15.9 Å². The number of fused-ring (bicyclic) bond motifs is 2. The molecular weight excluding hydrogens is 414 g/mol. The molecule has 27 heavy (non-hydrogen) atoms. The second-order valence-electron chi connectivity index (χ2n) is 6.71. The van der Waals surface area contributed by atoms with Gasteiger partial charge in [0, 0.05) is 4.48 Å². The van der Waals surface area contributed by atoms with E-state index in [-0.39, 0.29) is 24.4 Å². The normalized spacial score (nSPS) is 27.0. The lowest BCUT2D eigenvalue weighted by atomic mass is 9.91. The SMILES string of the molecule is CCC(CC)O[C@@H]1C=C(Br)[C@H]2OC(=O)N[C@@H]1[C@@H]2OCc1ccc(OC)cc1. The third-order valence-corrected chi connectivity index (χ3v) is 5.70. The average Bonchev–Trinajstić information content (AvgIpc) is 2.68. The Kier molecular flexibility index (Phi) is 6.78. The lowest BCUT2D eigenvalue weighted by Crippen LogP contribution is -2.64. The van der Waals surface area contributed by atoms with Crippen molar-refractivity contribution in [3.63, 3.8) is 0 Å². The van der Waals surface area contributed by atoms with Crippen molar-refractivity contribution in [2.45, 2.75) is 63.8 Å². The minimum Gasteiger partial charge on any atom is -0.497 e. The van der Waals surface area contributed by atoms with Crippen LogP contribution in [0.4, 0.5) is 4.79 Å². The number of carbonyl (C=O) groups is 1. The molecule has 1 aliphatic carbocycles. The van der Waals surface area contributed by atoms with Crippen LogP contribution in [0.2, 0.25) is 0 Å². The highest BCUT2D eigenvalue weighted by molar-refractivity contribution is 9.11. The predicted molar refractivity (Wildman–Crippen MR) is 105 cm³/mol. The lowest BCUT2D eigenvalue weighted by molar-refractivity contribution is -0.118. The molecule has 1 N–H and O–H groups in total. The van der Waals surface area contributed by atoms with Crippen molar-refractivity contribution in [1.29, 1.82) is 0 Å². The van der Waals surface area contributed by atoms with Gasteiger partial charge in [-0.05, 0) is 36.6 Å². The molecule has 1 amide bonds. The van der Waals surface area contributed by atoms with E-state index in [9.17, 15) is 4.79 Å². The molecule has 6 nitrogen and oxygen atoms in total. The second kappa shape index (κ2) is 9.08. The van der Waals surface area contributed by atoms with Gasteiger partial charge < -0.3 is 24.3 Å². The number of nitrogens with one attached hydrogen (secondary N) is 1. The summed E-state index contributed by atoms with van der Waals surface area (Å²) in [5.41, 5.74) is 1.02. The molecule has 2 aliphatic rings. The van der Waals surface area contributed by atoms with Crippen molar-refractivity contribution in [2.75, 3.05) is 7.11 Å². The van der Waals surface area contributed by atoms with Crippen LogP contribution in [0.15, 0.2) is 34.8 Å². The fourth-order valence-corrected chi connectivity index (χ4v) is 4.01. The Balaban J connectivity index is 1.74. The average molecular weight is 440 g/mol. The number of hydrogen-bond donors (Lipinski definition) is 1. The number of hydrogen-bond acceptors (Lipinski definition) is 5. The Hall–Kier alpha value is -1.57. The van der Waals surface area contributed by atoms with Crippen molar-refractivity contribution in [1.82, 2.24) is 5.32 Å². The maximum absolute atomic E-state index is 12.0. The monoisotopic (exact) mass is 439 g/mol. The third kappa shape index (κ3) is 4.65. The van der Waals surface area contributed by atoms with Gasteiger partial charge in [-0.15, -0.1) is 0 Å². The molecule has 4 atom stereocenters. The summed E-state index contributed by atoms with van der Waals surface area (Å²) in [7, 11) is 1.64. The van der Waals surface area contributed by atoms with E-state index in [0.29, 0.717) is 6.61 Å². The fourth-order valence-electron chi connectivity index (χ4n) is 3.39. The van der Waals surface area contributed by atoms with Crippen molar-refractivity contribution in [2.24, 2.45) is 0 Å². The molecule has 0 aromatic heterocycles. The summed E-state index contributed by atoms with van der Waals surface area (Å²) in [5.74, 6) is 0.799. The molecule has 1 saturated heterocycles. The first-order chi connectivity index (χ1) is 13.0. The molecule has 0 saturated carbocycles. The Labute approximate surface area is 168 Å². The third-order valence-electron chi connectivity index (χ3n) is 4.98. The fraction of sp³-hybridized carbons (Fsp3) is 0.550. The smallest absolute Gasteiger partial charge is 0.408 e. The number of rotatable bonds is 8. The van der Waals surface area contributed by atoms with Gasteiger partial charge in [0.05, 0.1) is 25.9 Å². The van der Waals surface area contributed by atoms with Gasteiger partial charge in [-0.25, -0.2) is 4.79 Å². The molecule has 7 heteroatoms. The first kappa shape index (κ1) is 20.2. The lowest BCUT2D eigenvalue weighted by Gasteiger charge is -2.44. The molecule has 1 aromatic carbocycles. The highest BCUT2D eigenvalue weighted by atomic mass is 79.9. The molecule has 1 fully saturated rings. The summed E-state index contributed by atoms with van der Waals surface area (Å²) in [6, 6.07) is 7.41. The van der Waals surface area contributed by atoms with E-state index < -0.39 is 12.2 Å². The van der Waals surface area contributed by atoms with Gasteiger partial charge in [0.1, 0.15) is 18.0 Å². The number of carbonyl (C=O) groups excluding carboxylic acids is 1. The summed E-state index contributed by atoms with van der Waals surface area (Å²) in [6.07, 6.45) is 2.40. The van der Waals surface area contributed by atoms with Crippen LogP contribution in [0.25, 0.3) is 0 Å². The summed E-state index contributed by atoms with van der Waals surface area (Å²) in [4.78, 5) is 12.0. The Bertz CT molecular complexity index is 673. The second-order valence-corrected chi connectivity index (χ2v) is 7.63. The molecular formula is C20H26BrNO5. The van der Waals surface area contributed by atoms with E-state index in [1.54, 1.807) is 7.11 Å². The van der Waals surface area contributed by atoms with E-state index in [4.69, 9.17) is 18.9 Å². The summed E-state index contributed by atoms with van der Waals surface area (Å²) in [5, 5.41) is 2.88. The Morgan fingerprint density at radius 1 is 1.22 bits per heavy atom. The standard InChI is InChI=1S/C20H26BrNO5/c1-4-13(5-2)26-16-10-15(21)18-19(17(16)22-20(23)27-18)25-11-12-6-8-14(24-3)9-7-12/h6-10,13,16-19H,4-5,11H2,1-3H3,(H,22,23)/t16-,17+,18-,19+/m1/s1. The van der Waals surface area contributed by atoms with Crippen molar-refractivity contribution < 1.29 is 23.7 Å². The van der Waals surface area contributed by atoms with Gasteiger partial charge in [-0.2, -0.15) is 0 Å². The number of methoxy groups -OCH3 is 1. The molecule has 1 aromatic rings. The van der Waals surface area contributed by atoms with Crippen molar-refractivity contribution in [3.05, 3.63) is 40.4 Å². The topological polar surface area (TPSA) is 66.0 Å². The van der Waals surface area contributed by atoms with Crippen LogP contribution in [0, 0.1) is 0 Å². The van der Waals surface area contributed by atoms with E-state index in [1.165, 1.54) is 0 Å². The Morgan fingerprint density at radius 2 is 1.93 bits per heavy atom. The van der Waals surface area contributed by atoms with Gasteiger partial charge in [0.25, 0.3) is 0 Å². The maximum atomic E-state index is 12.0. The highest BCUT2D eigenvalue weighted by Crippen LogP contribution is 2.34. The van der Waals surface area contributed by atoms with Crippen molar-refractivity contribution >= 4 is 22.0 Å². The van der Waals surface area contributed by atoms with E-state index in [2.05, 4.69) is 35.1 Å². The van der Waals surface area contributed by atoms with Crippen LogP contribution in [0.1, 0.15) is 32.3 Å². The van der Waals surface area contributed by atoms with Crippen LogP contribution in [-0.4, -0.2) is 43.7 Å². The molecule has 3 rings (SSSR count). The van der Waals surface area contributed by atoms with Gasteiger partial charge in [-0.3, -0.25) is 0 Å².